The van der Waals surface area contributed by atoms with Crippen LogP contribution in [0.5, 0.6) is 0 Å². The maximum atomic E-state index is 11.7. The Hall–Kier alpha value is -3.73. The number of carbonyl (C=O) groups excluding carboxylic acids is 1. The number of allylic oxidation sites excluding steroid dienone is 2. The van der Waals surface area contributed by atoms with Crippen molar-refractivity contribution < 1.29 is 34.4 Å². The molecule has 0 saturated heterocycles. The molecule has 217 valence electrons. The summed E-state index contributed by atoms with van der Waals surface area (Å²) in [4.78, 5) is 16.4. The van der Waals surface area contributed by atoms with Crippen LogP contribution >= 0.6 is 0 Å². The minimum absolute atomic E-state index is 0. The molecule has 4 heterocycles. The molecule has 6 heteroatoms. The molecule has 0 fully saturated rings. The van der Waals surface area contributed by atoms with Gasteiger partial charge in [0, 0.05) is 60.5 Å². The van der Waals surface area contributed by atoms with Crippen molar-refractivity contribution in [1.82, 2.24) is 9.38 Å². The summed E-state index contributed by atoms with van der Waals surface area (Å²) < 4.78 is 8.06. The van der Waals surface area contributed by atoms with Crippen LogP contribution < -0.4 is 0 Å². The molecule has 7 aromatic rings. The first-order chi connectivity index (χ1) is 20.0. The Morgan fingerprint density at radius 1 is 0.905 bits per heavy atom. The largest absolute Gasteiger partial charge is 0.512 e. The van der Waals surface area contributed by atoms with E-state index in [0.29, 0.717) is 0 Å². The molecule has 0 amide bonds. The standard InChI is InChI=1S/C23H11N2O.C13H24O2.Ir/c1-2-5-14-13(4-1)8-9-18-20(14)16-7-3-6-15-17-12-26-19-10-11-24-23(21(17)19)25(18)22(15)16;1-5-10(6-2)12(14)9-13(15)11(7-3)8-4;/h1-8,10-12H;9-11,14H,5-8H2,1-4H3;/q-1;;/b;12-9-;. The van der Waals surface area contributed by atoms with E-state index in [-0.39, 0.29) is 43.5 Å². The number of nitrogens with zero attached hydrogens (tertiary/aromatic N) is 2. The number of pyridine rings is 2. The summed E-state index contributed by atoms with van der Waals surface area (Å²) in [7, 11) is 0. The van der Waals surface area contributed by atoms with Gasteiger partial charge >= 0.3 is 0 Å². The number of hydrogen-bond donors (Lipinski definition) is 1. The van der Waals surface area contributed by atoms with Gasteiger partial charge in [0.1, 0.15) is 11.2 Å². The second-order valence-corrected chi connectivity index (χ2v) is 10.8. The molecule has 0 aliphatic heterocycles. The van der Waals surface area contributed by atoms with Gasteiger partial charge in [-0.05, 0) is 37.1 Å². The smallest absolute Gasteiger partial charge is 0.162 e. The van der Waals surface area contributed by atoms with Gasteiger partial charge in [0.05, 0.1) is 17.4 Å². The van der Waals surface area contributed by atoms with Crippen molar-refractivity contribution in [2.24, 2.45) is 11.8 Å². The van der Waals surface area contributed by atoms with E-state index in [9.17, 15) is 9.90 Å². The number of rotatable bonds is 7. The first-order valence-corrected chi connectivity index (χ1v) is 14.7. The topological polar surface area (TPSA) is 67.7 Å². The zero-order valence-corrected chi connectivity index (χ0v) is 26.8. The number of ketones is 1. The fourth-order valence-electron chi connectivity index (χ4n) is 6.29. The maximum absolute atomic E-state index is 11.7. The van der Waals surface area contributed by atoms with E-state index in [0.717, 1.165) is 53.2 Å². The average molecular weight is 736 g/mol. The Bertz CT molecular complexity index is 2040. The summed E-state index contributed by atoms with van der Waals surface area (Å²) in [5.74, 6) is 0.547. The molecule has 0 atom stereocenters. The Labute approximate surface area is 258 Å². The van der Waals surface area contributed by atoms with Crippen molar-refractivity contribution in [3.63, 3.8) is 0 Å². The summed E-state index contributed by atoms with van der Waals surface area (Å²) in [6.07, 6.45) is 8.58. The zero-order chi connectivity index (χ0) is 28.7. The number of hydrogen-bond acceptors (Lipinski definition) is 4. The number of benzene rings is 3. The third kappa shape index (κ3) is 4.77. The molecule has 0 spiro atoms. The second kappa shape index (κ2) is 12.2. The molecule has 5 nitrogen and oxygen atoms in total. The summed E-state index contributed by atoms with van der Waals surface area (Å²) in [6.45, 7) is 8.07. The third-order valence-corrected chi connectivity index (χ3v) is 8.63. The molecule has 7 rings (SSSR count). The Balaban J connectivity index is 0.000000193. The molecule has 42 heavy (non-hydrogen) atoms. The first-order valence-electron chi connectivity index (χ1n) is 14.7. The Morgan fingerprint density at radius 3 is 2.33 bits per heavy atom. The third-order valence-electron chi connectivity index (χ3n) is 8.63. The van der Waals surface area contributed by atoms with Crippen LogP contribution in [-0.4, -0.2) is 20.3 Å². The van der Waals surface area contributed by atoms with Crippen LogP contribution in [-0.2, 0) is 24.9 Å². The van der Waals surface area contributed by atoms with E-state index >= 15 is 0 Å². The van der Waals surface area contributed by atoms with E-state index in [1.54, 1.807) is 0 Å². The second-order valence-electron chi connectivity index (χ2n) is 10.8. The molecule has 4 aromatic heterocycles. The molecular weight excluding hydrogens is 701 g/mol. The van der Waals surface area contributed by atoms with Gasteiger partial charge in [-0.3, -0.25) is 4.79 Å². The Kier molecular flexibility index (Phi) is 8.68. The predicted molar refractivity (Wildman–Crippen MR) is 169 cm³/mol. The molecule has 1 radical (unpaired) electrons. The summed E-state index contributed by atoms with van der Waals surface area (Å²) >= 11 is 0. The number of aliphatic hydroxyl groups is 1. The number of furan rings is 1. The molecule has 0 aliphatic carbocycles. The number of fused-ring (bicyclic) bond motifs is 7. The minimum atomic E-state index is 0. The van der Waals surface area contributed by atoms with E-state index in [2.05, 4.69) is 59.0 Å². The van der Waals surface area contributed by atoms with E-state index in [4.69, 9.17) is 9.40 Å². The summed E-state index contributed by atoms with van der Waals surface area (Å²) in [6, 6.07) is 22.5. The number of para-hydroxylation sites is 1. The monoisotopic (exact) mass is 736 g/mol. The number of aliphatic hydroxyl groups excluding tert-OH is 1. The summed E-state index contributed by atoms with van der Waals surface area (Å²) in [5.41, 5.74) is 4.05. The van der Waals surface area contributed by atoms with Crippen LogP contribution in [0.2, 0.25) is 0 Å². The van der Waals surface area contributed by atoms with Gasteiger partial charge in [-0.2, -0.15) is 12.1 Å². The quantitative estimate of drug-likeness (QED) is 0.0767. The van der Waals surface area contributed by atoms with Crippen LogP contribution in [0.4, 0.5) is 0 Å². The van der Waals surface area contributed by atoms with Crippen molar-refractivity contribution in [3.8, 4) is 0 Å². The molecule has 0 bridgehead atoms. The molecule has 3 aromatic carbocycles. The van der Waals surface area contributed by atoms with Crippen LogP contribution in [0.3, 0.4) is 0 Å². The molecular formula is C36H35IrN2O3-. The van der Waals surface area contributed by atoms with E-state index < -0.39 is 0 Å². The van der Waals surface area contributed by atoms with Gasteiger partial charge in [-0.15, -0.1) is 16.8 Å². The molecule has 0 aliphatic rings. The normalized spacial score (nSPS) is 12.3. The van der Waals surface area contributed by atoms with Crippen LogP contribution in [0.15, 0.2) is 83.3 Å². The fourth-order valence-corrected chi connectivity index (χ4v) is 6.29. The number of aromatic nitrogens is 2. The molecule has 0 saturated carbocycles. The average Bonchev–Trinajstić information content (AvgIpc) is 3.59. The van der Waals surface area contributed by atoms with Gasteiger partial charge < -0.3 is 13.9 Å². The van der Waals surface area contributed by atoms with Crippen LogP contribution in [0.25, 0.3) is 60.0 Å². The van der Waals surface area contributed by atoms with Gasteiger partial charge in [0.25, 0.3) is 0 Å². The SMILES string of the molecule is CCC(CC)C(=O)/C=C(\O)C(CC)CC.[Ir].[c-]1cc2ccccc2c2c3cccc4c5coc6ccnc(c65)n(c12)c43. The van der Waals surface area contributed by atoms with Crippen molar-refractivity contribution in [1.29, 1.82) is 0 Å². The minimum Gasteiger partial charge on any atom is -0.512 e. The van der Waals surface area contributed by atoms with Crippen LogP contribution in [0, 0.1) is 17.9 Å². The van der Waals surface area contributed by atoms with Gasteiger partial charge in [-0.1, -0.05) is 75.0 Å². The van der Waals surface area contributed by atoms with Gasteiger partial charge in [0.15, 0.2) is 5.78 Å². The Morgan fingerprint density at radius 2 is 1.60 bits per heavy atom. The van der Waals surface area contributed by atoms with Crippen molar-refractivity contribution >= 4 is 65.8 Å². The molecule has 1 N–H and O–H groups in total. The maximum Gasteiger partial charge on any atom is 0.162 e. The van der Waals surface area contributed by atoms with Crippen molar-refractivity contribution in [2.75, 3.05) is 0 Å². The van der Waals surface area contributed by atoms with Crippen molar-refractivity contribution in [3.05, 3.63) is 85.0 Å². The van der Waals surface area contributed by atoms with Gasteiger partial charge in [-0.25, -0.2) is 4.98 Å². The predicted octanol–water partition coefficient (Wildman–Crippen LogP) is 9.80. The van der Waals surface area contributed by atoms with E-state index in [1.165, 1.54) is 38.5 Å². The van der Waals surface area contributed by atoms with E-state index in [1.807, 2.05) is 46.2 Å². The van der Waals surface area contributed by atoms with Crippen molar-refractivity contribution in [2.45, 2.75) is 53.4 Å². The van der Waals surface area contributed by atoms with Gasteiger partial charge in [0.2, 0.25) is 0 Å². The molecule has 0 unspecified atom stereocenters. The van der Waals surface area contributed by atoms with Crippen LogP contribution in [0.1, 0.15) is 53.4 Å². The summed E-state index contributed by atoms with van der Waals surface area (Å²) in [5, 5.41) is 18.1. The first kappa shape index (κ1) is 29.8. The zero-order valence-electron chi connectivity index (χ0n) is 24.4. The fraction of sp³-hybridized carbons (Fsp3) is 0.278. The number of carbonyl (C=O) groups is 1.